The van der Waals surface area contributed by atoms with Gasteiger partial charge in [0.15, 0.2) is 0 Å². The molecule has 18 heavy (non-hydrogen) atoms. The summed E-state index contributed by atoms with van der Waals surface area (Å²) in [6.07, 6.45) is 2.03. The van der Waals surface area contributed by atoms with E-state index < -0.39 is 0 Å². The maximum absolute atomic E-state index is 12.4. The first-order valence-corrected chi connectivity index (χ1v) is 6.98. The Hall–Kier alpha value is -1.61. The number of ketones is 1. The van der Waals surface area contributed by atoms with Crippen molar-refractivity contribution >= 4 is 17.1 Å². The number of hydrogen-bond donors (Lipinski definition) is 0. The molecule has 0 fully saturated rings. The second-order valence-corrected chi connectivity index (χ2v) is 5.45. The highest BCUT2D eigenvalue weighted by Gasteiger charge is 2.16. The number of hydrogen-bond acceptors (Lipinski definition) is 3. The Morgan fingerprint density at radius 2 is 2.22 bits per heavy atom. The van der Waals surface area contributed by atoms with Gasteiger partial charge in [0.2, 0.25) is 5.78 Å². The summed E-state index contributed by atoms with van der Waals surface area (Å²) in [5.41, 5.74) is 2.98. The molecule has 0 aliphatic carbocycles. The summed E-state index contributed by atoms with van der Waals surface area (Å²) in [6, 6.07) is 7.76. The molecule has 92 valence electrons. The molecular formula is C15H14O2S. The van der Waals surface area contributed by atoms with Gasteiger partial charge >= 0.3 is 0 Å². The maximum atomic E-state index is 12.4. The molecule has 1 aliphatic rings. The van der Waals surface area contributed by atoms with Gasteiger partial charge in [0, 0.05) is 5.56 Å². The van der Waals surface area contributed by atoms with Crippen LogP contribution in [0.15, 0.2) is 29.6 Å². The van der Waals surface area contributed by atoms with E-state index in [-0.39, 0.29) is 5.78 Å². The Labute approximate surface area is 110 Å². The Balaban J connectivity index is 1.98. The van der Waals surface area contributed by atoms with Crippen molar-refractivity contribution in [1.82, 2.24) is 0 Å². The van der Waals surface area contributed by atoms with E-state index in [1.165, 1.54) is 11.3 Å². The lowest BCUT2D eigenvalue weighted by molar-refractivity contribution is 0.104. The molecule has 0 radical (unpaired) electrons. The third kappa shape index (κ3) is 1.95. The van der Waals surface area contributed by atoms with Crippen molar-refractivity contribution in [2.75, 3.05) is 6.61 Å². The molecule has 2 nitrogen and oxygen atoms in total. The minimum Gasteiger partial charge on any atom is -0.493 e. The van der Waals surface area contributed by atoms with Crippen LogP contribution in [0.5, 0.6) is 5.75 Å². The van der Waals surface area contributed by atoms with Crippen LogP contribution in [0, 0.1) is 6.92 Å². The van der Waals surface area contributed by atoms with Crippen molar-refractivity contribution in [3.8, 4) is 5.75 Å². The molecule has 0 unspecified atom stereocenters. The fourth-order valence-corrected chi connectivity index (χ4v) is 3.13. The van der Waals surface area contributed by atoms with Crippen molar-refractivity contribution in [1.29, 1.82) is 0 Å². The van der Waals surface area contributed by atoms with Crippen molar-refractivity contribution in [2.45, 2.75) is 19.8 Å². The van der Waals surface area contributed by atoms with Gasteiger partial charge in [0.25, 0.3) is 0 Å². The first kappa shape index (κ1) is 11.5. The smallest absolute Gasteiger partial charge is 0.203 e. The molecular weight excluding hydrogens is 244 g/mol. The third-order valence-electron chi connectivity index (χ3n) is 3.24. The van der Waals surface area contributed by atoms with Crippen LogP contribution < -0.4 is 4.74 Å². The molecule has 1 aliphatic heterocycles. The monoisotopic (exact) mass is 258 g/mol. The van der Waals surface area contributed by atoms with E-state index in [1.54, 1.807) is 0 Å². The third-order valence-corrected chi connectivity index (χ3v) is 4.25. The van der Waals surface area contributed by atoms with Gasteiger partial charge in [-0.3, -0.25) is 4.79 Å². The van der Waals surface area contributed by atoms with Crippen LogP contribution in [0.3, 0.4) is 0 Å². The summed E-state index contributed by atoms with van der Waals surface area (Å²) in [6.45, 7) is 2.76. The second kappa shape index (κ2) is 4.58. The van der Waals surface area contributed by atoms with Crippen molar-refractivity contribution in [2.24, 2.45) is 0 Å². The molecule has 1 aromatic heterocycles. The number of ether oxygens (including phenoxy) is 1. The summed E-state index contributed by atoms with van der Waals surface area (Å²) in [5, 5.41) is 1.96. The van der Waals surface area contributed by atoms with Crippen LogP contribution >= 0.6 is 11.3 Å². The highest BCUT2D eigenvalue weighted by Crippen LogP contribution is 2.27. The van der Waals surface area contributed by atoms with Gasteiger partial charge < -0.3 is 4.74 Å². The summed E-state index contributed by atoms with van der Waals surface area (Å²) in [7, 11) is 0. The molecule has 3 heteroatoms. The number of thiophene rings is 1. The Kier molecular flexibility index (Phi) is 2.92. The molecule has 0 bridgehead atoms. The fourth-order valence-electron chi connectivity index (χ4n) is 2.24. The van der Waals surface area contributed by atoms with Gasteiger partial charge in [-0.25, -0.2) is 0 Å². The van der Waals surface area contributed by atoms with E-state index in [1.807, 2.05) is 36.6 Å². The minimum atomic E-state index is 0.121. The molecule has 3 rings (SSSR count). The average Bonchev–Trinajstić information content (AvgIpc) is 2.83. The number of carbonyl (C=O) groups is 1. The Morgan fingerprint density at radius 3 is 3.00 bits per heavy atom. The van der Waals surface area contributed by atoms with E-state index >= 15 is 0 Å². The first-order valence-electron chi connectivity index (χ1n) is 6.10. The topological polar surface area (TPSA) is 26.3 Å². The first-order chi connectivity index (χ1) is 8.75. The maximum Gasteiger partial charge on any atom is 0.203 e. The van der Waals surface area contributed by atoms with E-state index in [4.69, 9.17) is 4.74 Å². The van der Waals surface area contributed by atoms with Crippen molar-refractivity contribution in [3.63, 3.8) is 0 Å². The molecule has 1 aromatic carbocycles. The summed E-state index contributed by atoms with van der Waals surface area (Å²) >= 11 is 1.51. The van der Waals surface area contributed by atoms with E-state index in [0.717, 1.165) is 46.8 Å². The predicted molar refractivity (Wildman–Crippen MR) is 72.7 cm³/mol. The van der Waals surface area contributed by atoms with Crippen LogP contribution in [0.25, 0.3) is 0 Å². The van der Waals surface area contributed by atoms with Gasteiger partial charge in [-0.15, -0.1) is 11.3 Å². The van der Waals surface area contributed by atoms with Crippen LogP contribution in [-0.4, -0.2) is 12.4 Å². The molecule has 0 amide bonds. The van der Waals surface area contributed by atoms with Crippen molar-refractivity contribution < 1.29 is 9.53 Å². The number of fused-ring (bicyclic) bond motifs is 1. The average molecular weight is 258 g/mol. The molecule has 0 spiro atoms. The van der Waals surface area contributed by atoms with Gasteiger partial charge in [-0.1, -0.05) is 0 Å². The zero-order chi connectivity index (χ0) is 12.5. The normalized spacial score (nSPS) is 13.8. The number of aryl methyl sites for hydroxylation is 2. The lowest BCUT2D eigenvalue weighted by Gasteiger charge is -2.17. The van der Waals surface area contributed by atoms with Crippen LogP contribution in [0.1, 0.15) is 32.8 Å². The Bertz CT molecular complexity index is 598. The molecule has 2 aromatic rings. The Morgan fingerprint density at radius 1 is 1.33 bits per heavy atom. The van der Waals surface area contributed by atoms with Crippen LogP contribution in [0.2, 0.25) is 0 Å². The van der Waals surface area contributed by atoms with Gasteiger partial charge in [-0.05, 0) is 60.5 Å². The van der Waals surface area contributed by atoms with E-state index in [9.17, 15) is 4.79 Å². The predicted octanol–water partition coefficient (Wildman–Crippen LogP) is 3.61. The lowest BCUT2D eigenvalue weighted by Crippen LogP contribution is -2.10. The number of carbonyl (C=O) groups excluding carboxylic acids is 1. The van der Waals surface area contributed by atoms with Gasteiger partial charge in [0.1, 0.15) is 5.75 Å². The van der Waals surface area contributed by atoms with E-state index in [2.05, 4.69) is 0 Å². The quantitative estimate of drug-likeness (QED) is 0.769. The molecule has 0 saturated carbocycles. The summed E-state index contributed by atoms with van der Waals surface area (Å²) < 4.78 is 5.56. The number of benzene rings is 1. The highest BCUT2D eigenvalue weighted by atomic mass is 32.1. The standard InChI is InChI=1S/C15H14O2S/c1-10-6-8-18-15(10)14(16)12-4-5-13-11(9-12)3-2-7-17-13/h4-6,8-9H,2-3,7H2,1H3. The zero-order valence-corrected chi connectivity index (χ0v) is 11.0. The highest BCUT2D eigenvalue weighted by molar-refractivity contribution is 7.12. The molecule has 0 saturated heterocycles. The molecule has 2 heterocycles. The summed E-state index contributed by atoms with van der Waals surface area (Å²) in [5.74, 6) is 1.05. The summed E-state index contributed by atoms with van der Waals surface area (Å²) in [4.78, 5) is 13.2. The van der Waals surface area contributed by atoms with Crippen LogP contribution in [-0.2, 0) is 6.42 Å². The SMILES string of the molecule is Cc1ccsc1C(=O)c1ccc2c(c1)CCCO2. The van der Waals surface area contributed by atoms with Gasteiger partial charge in [-0.2, -0.15) is 0 Å². The largest absolute Gasteiger partial charge is 0.493 e. The second-order valence-electron chi connectivity index (χ2n) is 4.54. The fraction of sp³-hybridized carbons (Fsp3) is 0.267. The van der Waals surface area contributed by atoms with Crippen LogP contribution in [0.4, 0.5) is 0 Å². The van der Waals surface area contributed by atoms with Crippen molar-refractivity contribution in [3.05, 3.63) is 51.2 Å². The minimum absolute atomic E-state index is 0.121. The lowest BCUT2D eigenvalue weighted by atomic mass is 10.00. The zero-order valence-electron chi connectivity index (χ0n) is 10.2. The van der Waals surface area contributed by atoms with E-state index in [0.29, 0.717) is 0 Å². The number of rotatable bonds is 2. The molecule has 0 atom stereocenters. The molecule has 0 N–H and O–H groups in total. The van der Waals surface area contributed by atoms with Gasteiger partial charge in [0.05, 0.1) is 11.5 Å².